The quantitative estimate of drug-likeness (QED) is 0.584. The van der Waals surface area contributed by atoms with E-state index in [2.05, 4.69) is 5.32 Å². The third-order valence-corrected chi connectivity index (χ3v) is 5.79. The molecular weight excluding hydrogens is 439 g/mol. The van der Waals surface area contributed by atoms with Gasteiger partial charge in [0, 0.05) is 52.2 Å². The number of carbonyl (C=O) groups excluding carboxylic acids is 2. The highest BCUT2D eigenvalue weighted by Gasteiger charge is 2.30. The number of anilines is 1. The molecule has 0 radical (unpaired) electrons. The number of aromatic nitrogens is 1. The van der Waals surface area contributed by atoms with Crippen molar-refractivity contribution in [1.82, 2.24) is 14.8 Å². The molecular formula is C25H25FN4O4. The molecule has 2 aromatic carbocycles. The number of fused-ring (bicyclic) bond motifs is 1. The first-order chi connectivity index (χ1) is 16.2. The Balaban J connectivity index is 1.50. The van der Waals surface area contributed by atoms with Crippen LogP contribution in [0.2, 0.25) is 0 Å². The van der Waals surface area contributed by atoms with Crippen molar-refractivity contribution < 1.29 is 19.1 Å². The summed E-state index contributed by atoms with van der Waals surface area (Å²) in [6, 6.07) is 13.4. The average Bonchev–Trinajstić information content (AvgIpc) is 2.83. The van der Waals surface area contributed by atoms with Crippen molar-refractivity contribution >= 4 is 17.5 Å². The molecule has 0 fully saturated rings. The minimum absolute atomic E-state index is 0.158. The molecule has 2 heterocycles. The van der Waals surface area contributed by atoms with Gasteiger partial charge in [0.1, 0.15) is 11.4 Å². The van der Waals surface area contributed by atoms with Crippen LogP contribution in [0.1, 0.15) is 32.0 Å². The van der Waals surface area contributed by atoms with Gasteiger partial charge in [-0.2, -0.15) is 0 Å². The molecule has 0 atom stereocenters. The Kier molecular flexibility index (Phi) is 6.36. The van der Waals surface area contributed by atoms with Crippen LogP contribution in [0.4, 0.5) is 10.1 Å². The lowest BCUT2D eigenvalue weighted by molar-refractivity contribution is 0.0681. The van der Waals surface area contributed by atoms with E-state index in [0.29, 0.717) is 13.1 Å². The molecule has 1 aromatic heterocycles. The lowest BCUT2D eigenvalue weighted by atomic mass is 10.1. The zero-order valence-corrected chi connectivity index (χ0v) is 18.9. The molecule has 0 unspecified atom stereocenters. The lowest BCUT2D eigenvalue weighted by Crippen LogP contribution is -2.42. The lowest BCUT2D eigenvalue weighted by Gasteiger charge is -2.30. The average molecular weight is 464 g/mol. The van der Waals surface area contributed by atoms with Crippen molar-refractivity contribution in [2.45, 2.75) is 19.6 Å². The molecule has 0 spiro atoms. The number of benzene rings is 2. The maximum Gasteiger partial charge on any atom is 0.274 e. The summed E-state index contributed by atoms with van der Waals surface area (Å²) in [5, 5.41) is 13.2. The molecule has 34 heavy (non-hydrogen) atoms. The maximum absolute atomic E-state index is 13.1. The van der Waals surface area contributed by atoms with Crippen LogP contribution in [0.25, 0.3) is 0 Å². The van der Waals surface area contributed by atoms with E-state index in [4.69, 9.17) is 0 Å². The van der Waals surface area contributed by atoms with E-state index in [0.717, 1.165) is 16.8 Å². The largest absolute Gasteiger partial charge is 0.503 e. The van der Waals surface area contributed by atoms with Gasteiger partial charge in [-0.25, -0.2) is 4.39 Å². The molecule has 8 nitrogen and oxygen atoms in total. The predicted octanol–water partition coefficient (Wildman–Crippen LogP) is 2.34. The molecule has 3 aromatic rings. The summed E-state index contributed by atoms with van der Waals surface area (Å²) in [6.07, 6.45) is 1.31. The number of rotatable bonds is 6. The minimum atomic E-state index is -0.899. The van der Waals surface area contributed by atoms with Gasteiger partial charge >= 0.3 is 0 Å². The van der Waals surface area contributed by atoms with Crippen molar-refractivity contribution in [3.63, 3.8) is 0 Å². The number of amides is 2. The van der Waals surface area contributed by atoms with Gasteiger partial charge in [0.2, 0.25) is 5.43 Å². The fourth-order valence-corrected chi connectivity index (χ4v) is 3.84. The molecule has 0 saturated heterocycles. The smallest absolute Gasteiger partial charge is 0.274 e. The van der Waals surface area contributed by atoms with E-state index in [1.165, 1.54) is 27.8 Å². The molecule has 0 aliphatic carbocycles. The SMILES string of the molecule is CN(C)c1ccc(CNC(=O)c2cn3c(c(O)c2=O)C(=O)N(Cc2ccc(F)cc2)CC3)cc1. The molecule has 4 rings (SSSR count). The third-order valence-electron chi connectivity index (χ3n) is 5.79. The van der Waals surface area contributed by atoms with Crippen LogP contribution < -0.4 is 15.6 Å². The van der Waals surface area contributed by atoms with E-state index < -0.39 is 23.0 Å². The Labute approximate surface area is 195 Å². The second-order valence-corrected chi connectivity index (χ2v) is 8.36. The Bertz CT molecular complexity index is 1280. The summed E-state index contributed by atoms with van der Waals surface area (Å²) >= 11 is 0. The number of hydrogen-bond donors (Lipinski definition) is 2. The predicted molar refractivity (Wildman–Crippen MR) is 125 cm³/mol. The second-order valence-electron chi connectivity index (χ2n) is 8.36. The Morgan fingerprint density at radius 3 is 2.32 bits per heavy atom. The second kappa shape index (κ2) is 9.38. The standard InChI is InChI=1S/C25H25FN4O4/c1-28(2)19-9-5-16(6-10-19)13-27-24(33)20-15-29-11-12-30(14-17-3-7-18(26)8-4-17)25(34)21(29)23(32)22(20)31/h3-10,15,32H,11-14H2,1-2H3,(H,27,33). The Morgan fingerprint density at radius 1 is 1.03 bits per heavy atom. The van der Waals surface area contributed by atoms with E-state index in [9.17, 15) is 23.9 Å². The number of carbonyl (C=O) groups is 2. The highest BCUT2D eigenvalue weighted by molar-refractivity contribution is 5.99. The number of hydrogen-bond acceptors (Lipinski definition) is 5. The molecule has 176 valence electrons. The van der Waals surface area contributed by atoms with E-state index in [1.54, 1.807) is 12.1 Å². The highest BCUT2D eigenvalue weighted by atomic mass is 19.1. The molecule has 1 aliphatic heterocycles. The Morgan fingerprint density at radius 2 is 1.68 bits per heavy atom. The van der Waals surface area contributed by atoms with E-state index >= 15 is 0 Å². The van der Waals surface area contributed by atoms with Crippen molar-refractivity contribution in [3.8, 4) is 5.75 Å². The van der Waals surface area contributed by atoms with Gasteiger partial charge in [0.15, 0.2) is 11.4 Å². The van der Waals surface area contributed by atoms with Gasteiger partial charge in [-0.05, 0) is 35.4 Å². The van der Waals surface area contributed by atoms with Gasteiger partial charge in [0.25, 0.3) is 11.8 Å². The molecule has 2 N–H and O–H groups in total. The third kappa shape index (κ3) is 4.63. The topological polar surface area (TPSA) is 94.9 Å². The molecule has 0 bridgehead atoms. The summed E-state index contributed by atoms with van der Waals surface area (Å²) in [4.78, 5) is 41.8. The fourth-order valence-electron chi connectivity index (χ4n) is 3.84. The van der Waals surface area contributed by atoms with Gasteiger partial charge < -0.3 is 24.8 Å². The van der Waals surface area contributed by atoms with Crippen LogP contribution in [-0.2, 0) is 19.6 Å². The van der Waals surface area contributed by atoms with Gasteiger partial charge in [-0.1, -0.05) is 24.3 Å². The van der Waals surface area contributed by atoms with E-state index in [-0.39, 0.29) is 30.2 Å². The highest BCUT2D eigenvalue weighted by Crippen LogP contribution is 2.22. The number of pyridine rings is 1. The summed E-state index contributed by atoms with van der Waals surface area (Å²) in [5.41, 5.74) is 1.31. The van der Waals surface area contributed by atoms with Crippen molar-refractivity contribution in [2.24, 2.45) is 0 Å². The van der Waals surface area contributed by atoms with Gasteiger partial charge in [-0.3, -0.25) is 14.4 Å². The number of halogens is 1. The summed E-state index contributed by atoms with van der Waals surface area (Å²) < 4.78 is 14.6. The van der Waals surface area contributed by atoms with Crippen molar-refractivity contribution in [2.75, 3.05) is 25.5 Å². The van der Waals surface area contributed by atoms with Crippen molar-refractivity contribution in [3.05, 3.63) is 93.2 Å². The van der Waals surface area contributed by atoms with Crippen LogP contribution in [0.5, 0.6) is 5.75 Å². The Hall–Kier alpha value is -4.14. The monoisotopic (exact) mass is 464 g/mol. The first-order valence-electron chi connectivity index (χ1n) is 10.8. The summed E-state index contributed by atoms with van der Waals surface area (Å²) in [6.45, 7) is 1.02. The van der Waals surface area contributed by atoms with Crippen LogP contribution >= 0.6 is 0 Å². The first kappa shape index (κ1) is 23.0. The van der Waals surface area contributed by atoms with Gasteiger partial charge in [0.05, 0.1) is 0 Å². The number of nitrogens with zero attached hydrogens (tertiary/aromatic N) is 3. The zero-order valence-electron chi connectivity index (χ0n) is 18.9. The normalized spacial score (nSPS) is 12.9. The van der Waals surface area contributed by atoms with Crippen LogP contribution in [0, 0.1) is 5.82 Å². The maximum atomic E-state index is 13.1. The number of nitrogens with one attached hydrogen (secondary N) is 1. The number of aromatic hydroxyl groups is 1. The fraction of sp³-hybridized carbons (Fsp3) is 0.240. The molecule has 1 aliphatic rings. The molecule has 9 heteroatoms. The zero-order chi connectivity index (χ0) is 24.4. The van der Waals surface area contributed by atoms with Crippen LogP contribution in [-0.4, -0.2) is 47.0 Å². The van der Waals surface area contributed by atoms with Crippen LogP contribution in [0.3, 0.4) is 0 Å². The van der Waals surface area contributed by atoms with E-state index in [1.807, 2.05) is 43.3 Å². The molecule has 2 amide bonds. The minimum Gasteiger partial charge on any atom is -0.503 e. The summed E-state index contributed by atoms with van der Waals surface area (Å²) in [5.74, 6) is -2.29. The molecule has 0 saturated carbocycles. The van der Waals surface area contributed by atoms with Gasteiger partial charge in [-0.15, -0.1) is 0 Å². The van der Waals surface area contributed by atoms with Crippen LogP contribution in [0.15, 0.2) is 59.5 Å². The van der Waals surface area contributed by atoms with Crippen molar-refractivity contribution in [1.29, 1.82) is 0 Å². The first-order valence-corrected chi connectivity index (χ1v) is 10.8. The summed E-state index contributed by atoms with van der Waals surface area (Å²) in [7, 11) is 3.86.